The maximum absolute atomic E-state index is 11.9. The van der Waals surface area contributed by atoms with Gasteiger partial charge in [-0.15, -0.1) is 0 Å². The lowest BCUT2D eigenvalue weighted by Crippen LogP contribution is -2.30. The van der Waals surface area contributed by atoms with Crippen LogP contribution >= 0.6 is 0 Å². The number of amides is 1. The van der Waals surface area contributed by atoms with E-state index in [0.717, 1.165) is 24.2 Å². The number of carbonyl (C=O) groups is 1. The molecule has 25 heavy (non-hydrogen) atoms. The molecule has 2 aromatic carbocycles. The second-order valence-corrected chi connectivity index (χ2v) is 6.74. The molecule has 0 aromatic heterocycles. The van der Waals surface area contributed by atoms with Gasteiger partial charge in [-0.05, 0) is 48.5 Å². The molecule has 0 spiro atoms. The van der Waals surface area contributed by atoms with Crippen LogP contribution < -0.4 is 5.32 Å². The highest BCUT2D eigenvalue weighted by atomic mass is 16.5. The first-order chi connectivity index (χ1) is 12.2. The number of ether oxygens (including phenoxy) is 1. The van der Waals surface area contributed by atoms with Gasteiger partial charge in [0, 0.05) is 6.54 Å². The van der Waals surface area contributed by atoms with Crippen molar-refractivity contribution in [2.45, 2.75) is 31.9 Å². The van der Waals surface area contributed by atoms with Crippen LogP contribution in [0.2, 0.25) is 0 Å². The Morgan fingerprint density at radius 1 is 1.08 bits per heavy atom. The first-order valence-electron chi connectivity index (χ1n) is 8.92. The Morgan fingerprint density at radius 3 is 2.56 bits per heavy atom. The van der Waals surface area contributed by atoms with Gasteiger partial charge < -0.3 is 14.9 Å². The normalized spacial score (nSPS) is 15.7. The highest BCUT2D eigenvalue weighted by Gasteiger charge is 2.18. The van der Waals surface area contributed by atoms with Crippen molar-refractivity contribution in [1.82, 2.24) is 10.1 Å². The number of rotatable bonds is 5. The molecule has 0 radical (unpaired) electrons. The Kier molecular flexibility index (Phi) is 6.12. The van der Waals surface area contributed by atoms with E-state index < -0.39 is 0 Å². The van der Waals surface area contributed by atoms with Crippen molar-refractivity contribution in [3.8, 4) is 0 Å². The second kappa shape index (κ2) is 8.72. The van der Waals surface area contributed by atoms with Crippen LogP contribution in [0.15, 0.2) is 54.6 Å². The molecule has 0 unspecified atom stereocenters. The van der Waals surface area contributed by atoms with E-state index >= 15 is 0 Å². The van der Waals surface area contributed by atoms with Crippen LogP contribution in [0, 0.1) is 0 Å². The van der Waals surface area contributed by atoms with E-state index in [1.807, 2.05) is 30.3 Å². The fourth-order valence-corrected chi connectivity index (χ4v) is 3.25. The second-order valence-electron chi connectivity index (χ2n) is 6.74. The van der Waals surface area contributed by atoms with E-state index in [-0.39, 0.29) is 6.09 Å². The SMILES string of the molecule is BN1CCC(c2cccc(CNC(=O)OCc3ccccc3)c2)CC1. The minimum Gasteiger partial charge on any atom is -0.445 e. The highest BCUT2D eigenvalue weighted by Crippen LogP contribution is 2.27. The van der Waals surface area contributed by atoms with Gasteiger partial charge in [0.1, 0.15) is 6.61 Å². The van der Waals surface area contributed by atoms with Gasteiger partial charge in [0.25, 0.3) is 0 Å². The van der Waals surface area contributed by atoms with Crippen LogP contribution in [0.5, 0.6) is 0 Å². The van der Waals surface area contributed by atoms with Crippen LogP contribution in [0.25, 0.3) is 0 Å². The van der Waals surface area contributed by atoms with Gasteiger partial charge in [-0.2, -0.15) is 0 Å². The fraction of sp³-hybridized carbons (Fsp3) is 0.350. The highest BCUT2D eigenvalue weighted by molar-refractivity contribution is 6.04. The quantitative estimate of drug-likeness (QED) is 0.854. The van der Waals surface area contributed by atoms with E-state index in [1.54, 1.807) is 0 Å². The van der Waals surface area contributed by atoms with E-state index in [0.29, 0.717) is 19.1 Å². The van der Waals surface area contributed by atoms with Gasteiger partial charge in [0.2, 0.25) is 0 Å². The molecule has 0 saturated carbocycles. The van der Waals surface area contributed by atoms with E-state index in [4.69, 9.17) is 4.74 Å². The van der Waals surface area contributed by atoms with Gasteiger partial charge >= 0.3 is 6.09 Å². The number of benzene rings is 2. The van der Waals surface area contributed by atoms with Crippen LogP contribution in [-0.4, -0.2) is 32.0 Å². The molecule has 1 amide bonds. The van der Waals surface area contributed by atoms with E-state index in [1.165, 1.54) is 18.4 Å². The monoisotopic (exact) mass is 336 g/mol. The van der Waals surface area contributed by atoms with Crippen molar-refractivity contribution >= 4 is 14.1 Å². The molecule has 1 aliphatic heterocycles. The number of nitrogens with one attached hydrogen (secondary N) is 1. The molecule has 5 heteroatoms. The van der Waals surface area contributed by atoms with Gasteiger partial charge in [-0.25, -0.2) is 4.79 Å². The number of alkyl carbamates (subject to hydrolysis) is 1. The minimum absolute atomic E-state index is 0.294. The predicted molar refractivity (Wildman–Crippen MR) is 102 cm³/mol. The molecule has 0 atom stereocenters. The summed E-state index contributed by atoms with van der Waals surface area (Å²) in [5, 5.41) is 2.84. The largest absolute Gasteiger partial charge is 0.445 e. The maximum atomic E-state index is 11.9. The maximum Gasteiger partial charge on any atom is 0.407 e. The van der Waals surface area contributed by atoms with E-state index in [2.05, 4.69) is 42.4 Å². The van der Waals surface area contributed by atoms with Gasteiger partial charge in [0.05, 0.1) is 0 Å². The Morgan fingerprint density at radius 2 is 1.80 bits per heavy atom. The summed E-state index contributed by atoms with van der Waals surface area (Å²) in [6.45, 7) is 3.09. The lowest BCUT2D eigenvalue weighted by molar-refractivity contribution is 0.139. The molecular weight excluding hydrogens is 311 g/mol. The Balaban J connectivity index is 1.48. The summed E-state index contributed by atoms with van der Waals surface area (Å²) in [7, 11) is 2.18. The third-order valence-electron chi connectivity index (χ3n) is 4.79. The zero-order chi connectivity index (χ0) is 17.5. The summed E-state index contributed by atoms with van der Waals surface area (Å²) >= 11 is 0. The molecule has 1 fully saturated rings. The van der Waals surface area contributed by atoms with Crippen molar-refractivity contribution in [2.75, 3.05) is 13.1 Å². The molecule has 4 nitrogen and oxygen atoms in total. The molecule has 3 rings (SSSR count). The zero-order valence-corrected chi connectivity index (χ0v) is 14.8. The first kappa shape index (κ1) is 17.6. The van der Waals surface area contributed by atoms with Crippen LogP contribution in [0.3, 0.4) is 0 Å². The summed E-state index contributed by atoms with van der Waals surface area (Å²) in [6, 6.07) is 18.3. The van der Waals surface area contributed by atoms with Crippen LogP contribution in [0.4, 0.5) is 4.79 Å². The third kappa shape index (κ3) is 5.36. The van der Waals surface area contributed by atoms with Crippen molar-refractivity contribution in [1.29, 1.82) is 0 Å². The average Bonchev–Trinajstić information content (AvgIpc) is 2.66. The molecule has 1 N–H and O–H groups in total. The summed E-state index contributed by atoms with van der Waals surface area (Å²) in [6.07, 6.45) is 2.02. The molecule has 0 aliphatic carbocycles. The Labute approximate surface area is 150 Å². The van der Waals surface area contributed by atoms with Crippen molar-refractivity contribution in [2.24, 2.45) is 0 Å². The molecule has 0 bridgehead atoms. The third-order valence-corrected chi connectivity index (χ3v) is 4.79. The van der Waals surface area contributed by atoms with E-state index in [9.17, 15) is 4.79 Å². The van der Waals surface area contributed by atoms with Crippen molar-refractivity contribution in [3.05, 3.63) is 71.3 Å². The molecule has 2 aromatic rings. The van der Waals surface area contributed by atoms with Crippen LogP contribution in [-0.2, 0) is 17.9 Å². The molecule has 1 saturated heterocycles. The number of nitrogens with zero attached hydrogens (tertiary/aromatic N) is 1. The smallest absolute Gasteiger partial charge is 0.407 e. The van der Waals surface area contributed by atoms with Crippen LogP contribution in [0.1, 0.15) is 35.4 Å². The lowest BCUT2D eigenvalue weighted by atomic mass is 9.87. The number of hydrogen-bond acceptors (Lipinski definition) is 3. The lowest BCUT2D eigenvalue weighted by Gasteiger charge is -2.29. The summed E-state index contributed by atoms with van der Waals surface area (Å²) in [4.78, 5) is 14.3. The van der Waals surface area contributed by atoms with Crippen molar-refractivity contribution in [3.63, 3.8) is 0 Å². The molecular formula is C20H25BN2O2. The molecule has 130 valence electrons. The average molecular weight is 336 g/mol. The van der Waals surface area contributed by atoms with Gasteiger partial charge in [0.15, 0.2) is 7.98 Å². The standard InChI is InChI=1S/C20H25BN2O2/c21-23-11-9-18(10-12-23)19-8-4-7-17(13-19)14-22-20(24)25-15-16-5-2-1-3-6-16/h1-8,13,18H,9-12,14-15,21H2,(H,22,24). The Bertz CT molecular complexity index is 685. The minimum atomic E-state index is -0.381. The van der Waals surface area contributed by atoms with Gasteiger partial charge in [-0.1, -0.05) is 54.6 Å². The van der Waals surface area contributed by atoms with Gasteiger partial charge in [-0.3, -0.25) is 0 Å². The predicted octanol–water partition coefficient (Wildman–Crippen LogP) is 2.84. The first-order valence-corrected chi connectivity index (χ1v) is 8.92. The topological polar surface area (TPSA) is 41.6 Å². The molecule has 1 heterocycles. The zero-order valence-electron chi connectivity index (χ0n) is 14.8. The number of piperidine rings is 1. The summed E-state index contributed by atoms with van der Waals surface area (Å²) < 4.78 is 5.25. The fourth-order valence-electron chi connectivity index (χ4n) is 3.25. The number of hydrogen-bond donors (Lipinski definition) is 1. The van der Waals surface area contributed by atoms with Crippen molar-refractivity contribution < 1.29 is 9.53 Å². The summed E-state index contributed by atoms with van der Waals surface area (Å²) in [5.74, 6) is 0.626. The number of carbonyl (C=O) groups excluding carboxylic acids is 1. The molecule has 1 aliphatic rings. The summed E-state index contributed by atoms with van der Waals surface area (Å²) in [5.41, 5.74) is 3.49. The Hall–Kier alpha value is -2.27.